The number of anilines is 1. The van der Waals surface area contributed by atoms with Crippen LogP contribution in [-0.2, 0) is 27.2 Å². The second-order valence-corrected chi connectivity index (χ2v) is 15.4. The van der Waals surface area contributed by atoms with Crippen LogP contribution < -0.4 is 5.73 Å². The summed E-state index contributed by atoms with van der Waals surface area (Å²) < 4.78 is 0. The van der Waals surface area contributed by atoms with E-state index in [2.05, 4.69) is 0 Å². The lowest BCUT2D eigenvalue weighted by molar-refractivity contribution is -0.123. The number of benzene rings is 3. The molecule has 3 saturated carbocycles. The quantitative estimate of drug-likeness (QED) is 0.117. The van der Waals surface area contributed by atoms with E-state index in [1.54, 1.807) is 55.5 Å². The van der Waals surface area contributed by atoms with Crippen molar-refractivity contribution in [3.05, 3.63) is 101 Å². The number of carbonyl (C=O) groups excluding carboxylic acids is 5. The predicted molar refractivity (Wildman–Crippen MR) is 225 cm³/mol. The molecule has 3 fully saturated rings. The molecule has 0 atom stereocenters. The summed E-state index contributed by atoms with van der Waals surface area (Å²) in [4.78, 5) is 67.3. The molecule has 3 aliphatic carbocycles. The number of nitrogens with two attached hydrogens (primary N) is 1. The summed E-state index contributed by atoms with van der Waals surface area (Å²) in [5.41, 5.74) is 9.72. The largest absolute Gasteiger partial charge is 0.478 e. The van der Waals surface area contributed by atoms with Gasteiger partial charge in [-0.15, -0.1) is 0 Å². The van der Waals surface area contributed by atoms with Gasteiger partial charge >= 0.3 is 5.97 Å². The van der Waals surface area contributed by atoms with Crippen molar-refractivity contribution in [1.82, 2.24) is 0 Å². The first kappa shape index (κ1) is 47.7. The highest BCUT2D eigenvalue weighted by atomic mass is 35.5. The van der Waals surface area contributed by atoms with Gasteiger partial charge in [0.2, 0.25) is 5.24 Å². The van der Waals surface area contributed by atoms with Gasteiger partial charge in [-0.2, -0.15) is 0 Å². The van der Waals surface area contributed by atoms with E-state index in [4.69, 9.17) is 22.4 Å². The molecule has 0 radical (unpaired) electrons. The molecule has 0 saturated heterocycles. The first-order chi connectivity index (χ1) is 26.3. The van der Waals surface area contributed by atoms with Gasteiger partial charge in [0.1, 0.15) is 11.6 Å². The third-order valence-electron chi connectivity index (χ3n) is 10.7. The topological polar surface area (TPSA) is 149 Å². The fraction of sp³-hybridized carbons (Fsp3) is 0.489. The fourth-order valence-corrected chi connectivity index (χ4v) is 7.43. The number of carboxylic acid groups (broad SMARTS) is 1. The maximum Gasteiger partial charge on any atom is 0.335 e. The number of hydrogen-bond acceptors (Lipinski definition) is 7. The minimum atomic E-state index is -0.930. The molecule has 3 N–H and O–H groups in total. The van der Waals surface area contributed by atoms with Crippen LogP contribution in [0.2, 0.25) is 0 Å². The minimum absolute atomic E-state index is 0. The van der Waals surface area contributed by atoms with Gasteiger partial charge in [0.25, 0.3) is 0 Å². The van der Waals surface area contributed by atoms with Crippen LogP contribution in [-0.4, -0.2) is 39.5 Å². The Morgan fingerprint density at radius 1 is 0.518 bits per heavy atom. The van der Waals surface area contributed by atoms with Gasteiger partial charge in [0.15, 0.2) is 11.6 Å². The van der Waals surface area contributed by atoms with Crippen molar-refractivity contribution < 1.29 is 33.9 Å². The number of ketones is 4. The van der Waals surface area contributed by atoms with Crippen LogP contribution in [0.4, 0.5) is 5.69 Å². The molecule has 6 rings (SSSR count). The standard InChI is InChI=1S/C16H20O2.C15H18O3.C8H9NO.C7H11ClO.CH4/c1-12(17)14-9-7-13(8-10-14)11-16(18)15-5-3-2-4-6-15;16-14(12-4-2-1-3-5-12)10-11-6-8-13(9-7-11)15(17)18;1-6(10)7-2-4-8(9)5-3-7;8-7(9)6-4-2-1-3-5-6;/h7-10,15H,2-6,11H2,1H3;6-9,12H,1-5,10H2,(H,17,18);2-5H,9H2,1H3;6H,1-5H2;1H4. The molecule has 8 nitrogen and oxygen atoms in total. The van der Waals surface area contributed by atoms with E-state index >= 15 is 0 Å². The SMILES string of the molecule is C.CC(=O)c1ccc(CC(=O)C2CCCCC2)cc1.CC(=O)c1ccc(N)cc1.O=C(Cl)C1CCCCC1.O=C(O)c1ccc(CC(=O)C2CCCCC2)cc1. The van der Waals surface area contributed by atoms with Crippen LogP contribution in [0.1, 0.15) is 160 Å². The van der Waals surface area contributed by atoms with Crippen molar-refractivity contribution in [3.63, 3.8) is 0 Å². The van der Waals surface area contributed by atoms with E-state index in [1.807, 2.05) is 24.3 Å². The zero-order valence-electron chi connectivity index (χ0n) is 32.5. The molecular formula is C47H62ClNO7. The summed E-state index contributed by atoms with van der Waals surface area (Å²) in [5, 5.41) is 8.66. The Hall–Kier alpha value is -4.43. The molecule has 0 heterocycles. The van der Waals surface area contributed by atoms with Gasteiger partial charge in [-0.1, -0.05) is 102 Å². The number of Topliss-reactive ketones (excluding diaryl/α,β-unsaturated/α-hetero) is 4. The monoisotopic (exact) mass is 787 g/mol. The van der Waals surface area contributed by atoms with Crippen LogP contribution in [0.15, 0.2) is 72.8 Å². The Morgan fingerprint density at radius 2 is 0.821 bits per heavy atom. The Labute approximate surface area is 339 Å². The van der Waals surface area contributed by atoms with Gasteiger partial charge in [0.05, 0.1) is 5.56 Å². The summed E-state index contributed by atoms with van der Waals surface area (Å²) in [5.74, 6) is 0.549. The van der Waals surface area contributed by atoms with Crippen molar-refractivity contribution in [1.29, 1.82) is 0 Å². The molecule has 0 bridgehead atoms. The average Bonchev–Trinajstić information content (AvgIpc) is 3.20. The highest BCUT2D eigenvalue weighted by molar-refractivity contribution is 6.63. The van der Waals surface area contributed by atoms with E-state index in [9.17, 15) is 28.8 Å². The Kier molecular flexibility index (Phi) is 21.9. The van der Waals surface area contributed by atoms with Crippen LogP contribution in [0.3, 0.4) is 0 Å². The molecule has 3 aromatic rings. The summed E-state index contributed by atoms with van der Waals surface area (Å²) in [6, 6.07) is 20.9. The number of halogens is 1. The van der Waals surface area contributed by atoms with E-state index in [-0.39, 0.29) is 47.6 Å². The summed E-state index contributed by atoms with van der Waals surface area (Å²) in [6.07, 6.45) is 18.0. The zero-order chi connectivity index (χ0) is 40.2. The number of hydrogen-bond donors (Lipinski definition) is 2. The van der Waals surface area contributed by atoms with E-state index in [1.165, 1.54) is 51.9 Å². The molecule has 3 aliphatic rings. The van der Waals surface area contributed by atoms with Crippen LogP contribution in [0.5, 0.6) is 0 Å². The fourth-order valence-electron chi connectivity index (χ4n) is 7.21. The minimum Gasteiger partial charge on any atom is -0.478 e. The molecule has 9 heteroatoms. The smallest absolute Gasteiger partial charge is 0.335 e. The highest BCUT2D eigenvalue weighted by Gasteiger charge is 2.22. The first-order valence-corrected chi connectivity index (χ1v) is 20.2. The maximum absolute atomic E-state index is 12.1. The highest BCUT2D eigenvalue weighted by Crippen LogP contribution is 2.27. The molecule has 0 spiro atoms. The number of nitrogen functional groups attached to an aromatic ring is 1. The lowest BCUT2D eigenvalue weighted by atomic mass is 9.84. The number of rotatable bonds is 10. The van der Waals surface area contributed by atoms with Crippen molar-refractivity contribution in [3.8, 4) is 0 Å². The van der Waals surface area contributed by atoms with Gasteiger partial charge in [-0.05, 0) is 111 Å². The third kappa shape index (κ3) is 17.6. The van der Waals surface area contributed by atoms with E-state index in [0.717, 1.165) is 62.5 Å². The summed E-state index contributed by atoms with van der Waals surface area (Å²) in [6.45, 7) is 3.09. The lowest BCUT2D eigenvalue weighted by Gasteiger charge is -2.20. The van der Waals surface area contributed by atoms with Gasteiger partial charge < -0.3 is 10.8 Å². The number of aromatic carboxylic acids is 1. The van der Waals surface area contributed by atoms with Gasteiger partial charge in [0, 0.05) is 47.4 Å². The second-order valence-electron chi connectivity index (χ2n) is 15.0. The maximum atomic E-state index is 12.1. The van der Waals surface area contributed by atoms with Crippen molar-refractivity contribution in [2.45, 2.75) is 130 Å². The lowest BCUT2D eigenvalue weighted by Crippen LogP contribution is -2.19. The number of carboxylic acids is 1. The molecule has 0 unspecified atom stereocenters. The van der Waals surface area contributed by atoms with E-state index < -0.39 is 5.97 Å². The normalized spacial score (nSPS) is 15.8. The van der Waals surface area contributed by atoms with E-state index in [0.29, 0.717) is 41.2 Å². The third-order valence-corrected chi connectivity index (χ3v) is 11.0. The Morgan fingerprint density at radius 3 is 1.11 bits per heavy atom. The summed E-state index contributed by atoms with van der Waals surface area (Å²) in [7, 11) is 0. The van der Waals surface area contributed by atoms with Crippen molar-refractivity contribution in [2.24, 2.45) is 17.8 Å². The molecule has 0 amide bonds. The molecule has 304 valence electrons. The van der Waals surface area contributed by atoms with Crippen LogP contribution in [0.25, 0.3) is 0 Å². The van der Waals surface area contributed by atoms with Gasteiger partial charge in [-0.3, -0.25) is 24.0 Å². The van der Waals surface area contributed by atoms with Gasteiger partial charge in [-0.25, -0.2) is 4.79 Å². The second kappa shape index (κ2) is 25.7. The molecule has 0 aromatic heterocycles. The molecular weight excluding hydrogens is 726 g/mol. The average molecular weight is 788 g/mol. The van der Waals surface area contributed by atoms with Crippen LogP contribution in [0, 0.1) is 17.8 Å². The zero-order valence-corrected chi connectivity index (χ0v) is 33.3. The Bertz CT molecular complexity index is 1600. The predicted octanol–water partition coefficient (Wildman–Crippen LogP) is 11.1. The van der Waals surface area contributed by atoms with Crippen molar-refractivity contribution >= 4 is 51.6 Å². The number of carbonyl (C=O) groups is 6. The summed E-state index contributed by atoms with van der Waals surface area (Å²) >= 11 is 5.32. The first-order valence-electron chi connectivity index (χ1n) is 19.9. The van der Waals surface area contributed by atoms with Crippen LogP contribution >= 0.6 is 11.6 Å². The molecule has 56 heavy (non-hydrogen) atoms. The molecule has 3 aromatic carbocycles. The molecule has 0 aliphatic heterocycles. The Balaban J connectivity index is 0.000000268. The van der Waals surface area contributed by atoms with Crippen molar-refractivity contribution in [2.75, 3.05) is 5.73 Å².